The lowest BCUT2D eigenvalue weighted by Gasteiger charge is -2.00. The van der Waals surface area contributed by atoms with Crippen LogP contribution in [0.15, 0.2) is 17.4 Å². The molecule has 1 amide bonds. The molecule has 0 saturated carbocycles. The van der Waals surface area contributed by atoms with E-state index in [9.17, 15) is 4.79 Å². The summed E-state index contributed by atoms with van der Waals surface area (Å²) in [6.07, 6.45) is 6.68. The van der Waals surface area contributed by atoms with Crippen molar-refractivity contribution in [3.05, 3.63) is 18.0 Å². The summed E-state index contributed by atoms with van der Waals surface area (Å²) in [6.45, 7) is 2.14. The first-order chi connectivity index (χ1) is 7.22. The summed E-state index contributed by atoms with van der Waals surface area (Å²) in [7, 11) is 0. The van der Waals surface area contributed by atoms with Gasteiger partial charge in [0, 0.05) is 11.9 Å². The number of nitrogens with one attached hydrogen (secondary N) is 1. The highest BCUT2D eigenvalue weighted by Crippen LogP contribution is 2.11. The fourth-order valence-electron chi connectivity index (χ4n) is 0.826. The van der Waals surface area contributed by atoms with Crippen LogP contribution in [-0.2, 0) is 4.79 Å². The van der Waals surface area contributed by atoms with Gasteiger partial charge in [0.1, 0.15) is 0 Å². The number of terminal acetylenes is 1. The van der Waals surface area contributed by atoms with E-state index < -0.39 is 0 Å². The molecule has 1 rings (SSSR count). The van der Waals surface area contributed by atoms with Crippen molar-refractivity contribution in [2.24, 2.45) is 0 Å². The van der Waals surface area contributed by atoms with Gasteiger partial charge in [0.15, 0.2) is 5.16 Å². The number of aromatic nitrogens is 2. The molecule has 0 bridgehead atoms. The zero-order valence-electron chi connectivity index (χ0n) is 8.36. The van der Waals surface area contributed by atoms with Crippen LogP contribution in [-0.4, -0.2) is 28.2 Å². The summed E-state index contributed by atoms with van der Waals surface area (Å²) in [5.74, 6) is 2.51. The zero-order chi connectivity index (χ0) is 11.1. The lowest BCUT2D eigenvalue weighted by Crippen LogP contribution is -2.25. The van der Waals surface area contributed by atoms with Gasteiger partial charge in [-0.3, -0.25) is 4.79 Å². The number of rotatable bonds is 4. The fourth-order valence-corrected chi connectivity index (χ4v) is 1.53. The highest BCUT2D eigenvalue weighted by molar-refractivity contribution is 7.99. The number of carbonyl (C=O) groups is 1. The van der Waals surface area contributed by atoms with Crippen LogP contribution in [0.5, 0.6) is 0 Å². The molecular formula is C10H11N3OS. The van der Waals surface area contributed by atoms with Crippen LogP contribution in [0.1, 0.15) is 5.69 Å². The number of nitrogens with zero attached hydrogens (tertiary/aromatic N) is 2. The summed E-state index contributed by atoms with van der Waals surface area (Å²) in [6, 6.07) is 1.81. The van der Waals surface area contributed by atoms with Crippen LogP contribution >= 0.6 is 11.8 Å². The molecule has 1 aromatic heterocycles. The van der Waals surface area contributed by atoms with E-state index in [1.165, 1.54) is 11.8 Å². The molecule has 5 heteroatoms. The largest absolute Gasteiger partial charge is 0.344 e. The van der Waals surface area contributed by atoms with Crippen molar-refractivity contribution in [2.75, 3.05) is 12.3 Å². The van der Waals surface area contributed by atoms with E-state index in [0.717, 1.165) is 5.69 Å². The highest BCUT2D eigenvalue weighted by Gasteiger charge is 2.03. The number of hydrogen-bond donors (Lipinski definition) is 1. The monoisotopic (exact) mass is 221 g/mol. The molecule has 0 aliphatic rings. The van der Waals surface area contributed by atoms with Crippen molar-refractivity contribution >= 4 is 17.7 Å². The first kappa shape index (κ1) is 11.5. The third-order valence-electron chi connectivity index (χ3n) is 1.49. The van der Waals surface area contributed by atoms with Crippen LogP contribution < -0.4 is 5.32 Å². The lowest BCUT2D eigenvalue weighted by atomic mass is 10.5. The Morgan fingerprint density at radius 1 is 1.73 bits per heavy atom. The average Bonchev–Trinajstić information content (AvgIpc) is 2.23. The number of carbonyl (C=O) groups excluding carboxylic acids is 1. The predicted molar refractivity (Wildman–Crippen MR) is 59.3 cm³/mol. The van der Waals surface area contributed by atoms with Crippen molar-refractivity contribution < 1.29 is 4.79 Å². The maximum atomic E-state index is 11.2. The Bertz CT molecular complexity index is 386. The van der Waals surface area contributed by atoms with Gasteiger partial charge in [-0.05, 0) is 13.0 Å². The summed E-state index contributed by atoms with van der Waals surface area (Å²) in [5.41, 5.74) is 0.886. The number of thioether (sulfide) groups is 1. The smallest absolute Gasteiger partial charge is 0.231 e. The maximum Gasteiger partial charge on any atom is 0.231 e. The molecule has 0 aromatic carbocycles. The quantitative estimate of drug-likeness (QED) is 0.460. The lowest BCUT2D eigenvalue weighted by molar-refractivity contribution is -0.118. The second-order valence-corrected chi connectivity index (χ2v) is 3.69. The minimum absolute atomic E-state index is 0.108. The number of aryl methyl sites for hydroxylation is 1. The van der Waals surface area contributed by atoms with E-state index in [4.69, 9.17) is 6.42 Å². The molecular weight excluding hydrogens is 210 g/mol. The molecule has 0 fully saturated rings. The molecule has 0 aliphatic carbocycles. The molecule has 0 radical (unpaired) electrons. The van der Waals surface area contributed by atoms with E-state index in [-0.39, 0.29) is 18.2 Å². The van der Waals surface area contributed by atoms with Crippen molar-refractivity contribution in [1.82, 2.24) is 15.3 Å². The standard InChI is InChI=1S/C10H11N3OS/c1-3-5-11-9(14)7-15-10-12-6-4-8(2)13-10/h1,4,6H,5,7H2,2H3,(H,11,14). The van der Waals surface area contributed by atoms with Gasteiger partial charge in [0.05, 0.1) is 12.3 Å². The second-order valence-electron chi connectivity index (χ2n) is 2.75. The van der Waals surface area contributed by atoms with E-state index >= 15 is 0 Å². The van der Waals surface area contributed by atoms with Crippen molar-refractivity contribution in [3.63, 3.8) is 0 Å². The van der Waals surface area contributed by atoms with Gasteiger partial charge in [-0.2, -0.15) is 0 Å². The molecule has 0 atom stereocenters. The van der Waals surface area contributed by atoms with Gasteiger partial charge in [-0.1, -0.05) is 17.7 Å². The summed E-state index contributed by atoms with van der Waals surface area (Å²) in [4.78, 5) is 19.4. The Balaban J connectivity index is 2.37. The highest BCUT2D eigenvalue weighted by atomic mass is 32.2. The maximum absolute atomic E-state index is 11.2. The predicted octanol–water partition coefficient (Wildman–Crippen LogP) is 0.627. The van der Waals surface area contributed by atoms with Crippen LogP contribution in [0, 0.1) is 19.3 Å². The Kier molecular flexibility index (Phi) is 4.64. The molecule has 0 spiro atoms. The second kappa shape index (κ2) is 6.04. The van der Waals surface area contributed by atoms with E-state index in [2.05, 4.69) is 21.2 Å². The van der Waals surface area contributed by atoms with Crippen molar-refractivity contribution in [2.45, 2.75) is 12.1 Å². The summed E-state index contributed by atoms with van der Waals surface area (Å²) >= 11 is 1.29. The van der Waals surface area contributed by atoms with Crippen molar-refractivity contribution in [3.8, 4) is 12.3 Å². The van der Waals surface area contributed by atoms with Crippen LogP contribution in [0.2, 0.25) is 0 Å². The number of amides is 1. The topological polar surface area (TPSA) is 54.9 Å². The molecule has 0 aliphatic heterocycles. The fraction of sp³-hybridized carbons (Fsp3) is 0.300. The van der Waals surface area contributed by atoms with Gasteiger partial charge in [0.25, 0.3) is 0 Å². The molecule has 1 N–H and O–H groups in total. The summed E-state index contributed by atoms with van der Waals surface area (Å²) in [5, 5.41) is 3.17. The Morgan fingerprint density at radius 3 is 3.20 bits per heavy atom. The molecule has 1 heterocycles. The van der Waals surface area contributed by atoms with E-state index in [1.54, 1.807) is 6.20 Å². The summed E-state index contributed by atoms with van der Waals surface area (Å²) < 4.78 is 0. The minimum atomic E-state index is -0.108. The molecule has 15 heavy (non-hydrogen) atoms. The normalized spacial score (nSPS) is 9.33. The van der Waals surface area contributed by atoms with Gasteiger partial charge in [0.2, 0.25) is 5.91 Å². The number of hydrogen-bond acceptors (Lipinski definition) is 4. The Labute approximate surface area is 92.9 Å². The van der Waals surface area contributed by atoms with E-state index in [0.29, 0.717) is 5.16 Å². The van der Waals surface area contributed by atoms with E-state index in [1.807, 2.05) is 13.0 Å². The molecule has 0 saturated heterocycles. The third-order valence-corrected chi connectivity index (χ3v) is 2.35. The van der Waals surface area contributed by atoms with Gasteiger partial charge >= 0.3 is 0 Å². The minimum Gasteiger partial charge on any atom is -0.344 e. The average molecular weight is 221 g/mol. The van der Waals surface area contributed by atoms with Crippen LogP contribution in [0.3, 0.4) is 0 Å². The zero-order valence-corrected chi connectivity index (χ0v) is 9.17. The molecule has 78 valence electrons. The van der Waals surface area contributed by atoms with Gasteiger partial charge in [-0.15, -0.1) is 6.42 Å². The first-order valence-corrected chi connectivity index (χ1v) is 5.33. The van der Waals surface area contributed by atoms with Crippen LogP contribution in [0.4, 0.5) is 0 Å². The van der Waals surface area contributed by atoms with Crippen molar-refractivity contribution in [1.29, 1.82) is 0 Å². The van der Waals surface area contributed by atoms with Gasteiger partial charge in [-0.25, -0.2) is 9.97 Å². The third kappa shape index (κ3) is 4.47. The SMILES string of the molecule is C#CCNC(=O)CSc1nccc(C)n1. The molecule has 4 nitrogen and oxygen atoms in total. The Morgan fingerprint density at radius 2 is 2.53 bits per heavy atom. The molecule has 1 aromatic rings. The van der Waals surface area contributed by atoms with Crippen LogP contribution in [0.25, 0.3) is 0 Å². The van der Waals surface area contributed by atoms with Gasteiger partial charge < -0.3 is 5.32 Å². The first-order valence-electron chi connectivity index (χ1n) is 4.35. The Hall–Kier alpha value is -1.54. The molecule has 0 unspecified atom stereocenters.